The van der Waals surface area contributed by atoms with E-state index in [1.807, 2.05) is 49.4 Å². The number of carboxylic acids is 1. The molecule has 5 rings (SSSR count). The van der Waals surface area contributed by atoms with Gasteiger partial charge in [-0.2, -0.15) is 0 Å². The van der Waals surface area contributed by atoms with Crippen LogP contribution < -0.4 is 10.1 Å². The minimum Gasteiger partial charge on any atom is -0.494 e. The lowest BCUT2D eigenvalue weighted by atomic mass is 9.81. The van der Waals surface area contributed by atoms with Gasteiger partial charge in [0.1, 0.15) is 23.5 Å². The maximum Gasteiger partial charge on any atom is 0.326 e. The zero-order valence-electron chi connectivity index (χ0n) is 21.2. The van der Waals surface area contributed by atoms with Gasteiger partial charge in [0, 0.05) is 17.9 Å². The van der Waals surface area contributed by atoms with Gasteiger partial charge >= 0.3 is 5.97 Å². The van der Waals surface area contributed by atoms with E-state index in [1.54, 1.807) is 0 Å². The lowest BCUT2D eigenvalue weighted by molar-refractivity contribution is -0.245. The van der Waals surface area contributed by atoms with Crippen molar-refractivity contribution >= 4 is 23.5 Å². The van der Waals surface area contributed by atoms with Crippen LogP contribution in [-0.2, 0) is 26.3 Å². The summed E-state index contributed by atoms with van der Waals surface area (Å²) in [5.41, 5.74) is 0.960. The highest BCUT2D eigenvalue weighted by molar-refractivity contribution is 6.31. The van der Waals surface area contributed by atoms with E-state index in [4.69, 9.17) is 26.2 Å². The summed E-state index contributed by atoms with van der Waals surface area (Å²) in [4.78, 5) is 20.5. The molecule has 1 amide bonds. The molecule has 3 fully saturated rings. The molecule has 0 aromatic heterocycles. The second kappa shape index (κ2) is 11.6. The van der Waals surface area contributed by atoms with E-state index in [-0.39, 0.29) is 18.9 Å². The molecule has 3 saturated heterocycles. The van der Waals surface area contributed by atoms with Crippen LogP contribution in [0.1, 0.15) is 55.7 Å². The van der Waals surface area contributed by atoms with Gasteiger partial charge in [0.25, 0.3) is 0 Å². The first kappa shape index (κ1) is 28.3. The number of benzene rings is 2. The third-order valence-corrected chi connectivity index (χ3v) is 7.89. The molecular formula is C28H34ClNO8. The van der Waals surface area contributed by atoms with Gasteiger partial charge in [-0.3, -0.25) is 4.79 Å². The number of aliphatic hydroxyl groups is 3. The van der Waals surface area contributed by atoms with E-state index >= 15 is 0 Å². The number of ether oxygens (including phenoxy) is 2. The first-order valence-corrected chi connectivity index (χ1v) is 13.2. The summed E-state index contributed by atoms with van der Waals surface area (Å²) in [6.07, 6.45) is 0.765. The topological polar surface area (TPSA) is 146 Å². The fraction of sp³-hybridized carbons (Fsp3) is 0.500. The van der Waals surface area contributed by atoms with E-state index in [9.17, 15) is 24.9 Å². The van der Waals surface area contributed by atoms with Crippen molar-refractivity contribution in [3.8, 4) is 5.75 Å². The summed E-state index contributed by atoms with van der Waals surface area (Å²) in [6, 6.07) is 12.9. The number of carboxylic acid groups (broad SMARTS) is 1. The molecule has 2 bridgehead atoms. The van der Waals surface area contributed by atoms with Crippen LogP contribution in [0.2, 0.25) is 5.02 Å². The molecule has 2 aromatic rings. The maximum absolute atomic E-state index is 10.8. The van der Waals surface area contributed by atoms with Gasteiger partial charge in [0.05, 0.1) is 24.9 Å². The Bertz CT molecular complexity index is 1160. The van der Waals surface area contributed by atoms with Crippen molar-refractivity contribution in [1.82, 2.24) is 5.32 Å². The van der Waals surface area contributed by atoms with Crippen molar-refractivity contribution in [2.24, 2.45) is 0 Å². The number of carbonyl (C=O) groups is 2. The number of halogens is 1. The number of amides is 1. The van der Waals surface area contributed by atoms with Crippen molar-refractivity contribution in [2.75, 3.05) is 13.2 Å². The summed E-state index contributed by atoms with van der Waals surface area (Å²) in [7, 11) is 0. The van der Waals surface area contributed by atoms with Crippen LogP contribution in [0.15, 0.2) is 42.5 Å². The van der Waals surface area contributed by atoms with Crippen LogP contribution in [0.5, 0.6) is 5.75 Å². The number of hydrogen-bond donors (Lipinski definition) is 5. The third-order valence-electron chi connectivity index (χ3n) is 7.52. The highest BCUT2D eigenvalue weighted by Gasteiger charge is 2.60. The molecule has 10 heteroatoms. The van der Waals surface area contributed by atoms with Crippen LogP contribution in [0.3, 0.4) is 0 Å². The zero-order chi connectivity index (χ0) is 27.5. The normalized spacial score (nSPS) is 29.8. The first-order chi connectivity index (χ1) is 18.1. The zero-order valence-corrected chi connectivity index (χ0v) is 22.0. The SMILES string of the molecule is CCOc1ccc(Cc2cc([C@@]34CC[C@@](CO)(CC(O)[C@H]3O)O4)ccc2Cl)cc1.O=C1CCC(C(=O)O)N1. The monoisotopic (exact) mass is 547 g/mol. The minimum atomic E-state index is -1.05. The van der Waals surface area contributed by atoms with Crippen molar-refractivity contribution in [2.45, 2.75) is 74.9 Å². The number of carbonyl (C=O) groups excluding carboxylic acids is 1. The van der Waals surface area contributed by atoms with Crippen LogP contribution in [0.25, 0.3) is 0 Å². The number of fused-ring (bicyclic) bond motifs is 2. The molecule has 0 spiro atoms. The molecule has 2 aromatic carbocycles. The van der Waals surface area contributed by atoms with Gasteiger partial charge in [-0.05, 0) is 67.5 Å². The summed E-state index contributed by atoms with van der Waals surface area (Å²) in [5.74, 6) is -0.280. The second-order valence-corrected chi connectivity index (χ2v) is 10.5. The van der Waals surface area contributed by atoms with Crippen molar-refractivity contribution in [1.29, 1.82) is 0 Å². The predicted molar refractivity (Wildman–Crippen MR) is 139 cm³/mol. The standard InChI is InChI=1S/C23H27ClO5.C5H7NO3/c1-2-28-18-6-3-15(4-7-18)11-16-12-17(5-8-19(16)24)23-10-9-22(14-25,29-23)13-20(26)21(23)27;7-4-2-1-3(6-4)5(8)9/h3-8,12,20-21,25-27H,2,9-11,13-14H2,1H3;3H,1-2H2,(H,6,7)(H,8,9)/t20?,21-,22+,23+;/m1./s1. The molecule has 5 N–H and O–H groups in total. The van der Waals surface area contributed by atoms with Gasteiger partial charge in [0.2, 0.25) is 5.91 Å². The molecule has 5 atom stereocenters. The lowest BCUT2D eigenvalue weighted by Crippen LogP contribution is -2.56. The lowest BCUT2D eigenvalue weighted by Gasteiger charge is -2.45. The Labute approximate surface area is 226 Å². The average molecular weight is 548 g/mol. The van der Waals surface area contributed by atoms with Gasteiger partial charge < -0.3 is 35.2 Å². The second-order valence-electron chi connectivity index (χ2n) is 10.1. The molecule has 206 valence electrons. The number of nitrogens with one attached hydrogen (secondary N) is 1. The van der Waals surface area contributed by atoms with E-state index in [1.165, 1.54) is 0 Å². The van der Waals surface area contributed by atoms with Crippen molar-refractivity contribution in [3.63, 3.8) is 0 Å². The number of aliphatic carboxylic acids is 1. The third kappa shape index (κ3) is 5.82. The van der Waals surface area contributed by atoms with Crippen LogP contribution in [-0.4, -0.2) is 69.4 Å². The molecule has 0 aliphatic carbocycles. The summed E-state index contributed by atoms with van der Waals surface area (Å²) in [5, 5.41) is 42.3. The number of hydrogen-bond acceptors (Lipinski definition) is 7. The molecule has 0 saturated carbocycles. The Morgan fingerprint density at radius 3 is 2.50 bits per heavy atom. The fourth-order valence-electron chi connectivity index (χ4n) is 5.47. The Morgan fingerprint density at radius 2 is 1.92 bits per heavy atom. The summed E-state index contributed by atoms with van der Waals surface area (Å²) in [6.45, 7) is 2.40. The van der Waals surface area contributed by atoms with Gasteiger partial charge in [-0.1, -0.05) is 35.9 Å². The Hall–Kier alpha value is -2.69. The van der Waals surface area contributed by atoms with Crippen molar-refractivity contribution < 1.29 is 39.5 Å². The fourth-order valence-corrected chi connectivity index (χ4v) is 5.65. The van der Waals surface area contributed by atoms with Gasteiger partial charge in [-0.25, -0.2) is 4.79 Å². The Kier molecular flexibility index (Phi) is 8.64. The maximum atomic E-state index is 10.8. The molecule has 3 aliphatic rings. The quantitative estimate of drug-likeness (QED) is 0.355. The highest BCUT2D eigenvalue weighted by Crippen LogP contribution is 2.53. The largest absolute Gasteiger partial charge is 0.494 e. The van der Waals surface area contributed by atoms with Crippen molar-refractivity contribution in [3.05, 3.63) is 64.2 Å². The molecule has 9 nitrogen and oxygen atoms in total. The molecule has 38 heavy (non-hydrogen) atoms. The molecule has 3 heterocycles. The number of rotatable bonds is 7. The van der Waals surface area contributed by atoms with E-state index < -0.39 is 35.4 Å². The van der Waals surface area contributed by atoms with Gasteiger partial charge in [0.15, 0.2) is 0 Å². The molecule has 2 unspecified atom stereocenters. The average Bonchev–Trinajstić information content (AvgIpc) is 3.49. The van der Waals surface area contributed by atoms with Crippen LogP contribution in [0.4, 0.5) is 0 Å². The van der Waals surface area contributed by atoms with E-state index in [0.717, 1.165) is 22.4 Å². The molecular weight excluding hydrogens is 514 g/mol. The van der Waals surface area contributed by atoms with E-state index in [2.05, 4.69) is 5.32 Å². The Morgan fingerprint density at radius 1 is 1.18 bits per heavy atom. The minimum absolute atomic E-state index is 0.164. The highest BCUT2D eigenvalue weighted by atomic mass is 35.5. The van der Waals surface area contributed by atoms with Crippen LogP contribution in [0, 0.1) is 0 Å². The van der Waals surface area contributed by atoms with Gasteiger partial charge in [-0.15, -0.1) is 0 Å². The molecule has 0 radical (unpaired) electrons. The number of aliphatic hydroxyl groups excluding tert-OH is 3. The summed E-state index contributed by atoms with van der Waals surface area (Å²) < 4.78 is 11.8. The first-order valence-electron chi connectivity index (χ1n) is 12.8. The molecule has 3 aliphatic heterocycles. The smallest absolute Gasteiger partial charge is 0.326 e. The Balaban J connectivity index is 0.000000317. The van der Waals surface area contributed by atoms with Crippen LogP contribution >= 0.6 is 11.6 Å². The van der Waals surface area contributed by atoms with E-state index in [0.29, 0.717) is 43.7 Å². The summed E-state index contributed by atoms with van der Waals surface area (Å²) >= 11 is 6.47. The predicted octanol–water partition coefficient (Wildman–Crippen LogP) is 2.54.